The molecule has 1 aromatic carbocycles. The maximum Gasteiger partial charge on any atom is 0.137 e. The highest BCUT2D eigenvalue weighted by molar-refractivity contribution is 6.00. The van der Waals surface area contributed by atoms with Crippen LogP contribution in [-0.2, 0) is 11.4 Å². The second kappa shape index (κ2) is 9.03. The Morgan fingerprint density at radius 3 is 2.70 bits per heavy atom. The van der Waals surface area contributed by atoms with Gasteiger partial charge >= 0.3 is 0 Å². The predicted molar refractivity (Wildman–Crippen MR) is 98.3 cm³/mol. The molecule has 0 radical (unpaired) electrons. The smallest absolute Gasteiger partial charge is 0.137 e. The lowest BCUT2D eigenvalue weighted by Crippen LogP contribution is -2.40. The van der Waals surface area contributed by atoms with E-state index in [1.807, 2.05) is 0 Å². The minimum absolute atomic E-state index is 0.181. The van der Waals surface area contributed by atoms with Crippen molar-refractivity contribution < 1.29 is 13.6 Å². The minimum atomic E-state index is -0.684. The van der Waals surface area contributed by atoms with Gasteiger partial charge in [0.25, 0.3) is 0 Å². The van der Waals surface area contributed by atoms with Crippen LogP contribution in [0.3, 0.4) is 0 Å². The van der Waals surface area contributed by atoms with Gasteiger partial charge in [0.1, 0.15) is 36.6 Å². The van der Waals surface area contributed by atoms with E-state index in [4.69, 9.17) is 4.84 Å². The molecule has 0 aliphatic carbocycles. The summed E-state index contributed by atoms with van der Waals surface area (Å²) in [6.07, 6.45) is 4.15. The van der Waals surface area contributed by atoms with Crippen LogP contribution >= 0.6 is 0 Å². The van der Waals surface area contributed by atoms with Gasteiger partial charge < -0.3 is 4.84 Å². The van der Waals surface area contributed by atoms with Gasteiger partial charge in [-0.25, -0.2) is 18.4 Å². The van der Waals surface area contributed by atoms with Crippen molar-refractivity contribution in [1.82, 2.24) is 19.7 Å². The Bertz CT molecular complexity index is 755. The van der Waals surface area contributed by atoms with Crippen molar-refractivity contribution in [3.05, 3.63) is 48.1 Å². The van der Waals surface area contributed by atoms with Gasteiger partial charge in [-0.15, -0.1) is 0 Å². The van der Waals surface area contributed by atoms with Crippen LogP contribution in [-0.4, -0.2) is 51.6 Å². The zero-order valence-electron chi connectivity index (χ0n) is 15.7. The summed E-state index contributed by atoms with van der Waals surface area (Å²) in [5.74, 6) is 0.0311. The average molecular weight is 377 g/mol. The number of likely N-dealkylation sites (tertiary alicyclic amines) is 1. The van der Waals surface area contributed by atoms with E-state index in [1.54, 1.807) is 0 Å². The van der Waals surface area contributed by atoms with E-state index >= 15 is 0 Å². The van der Waals surface area contributed by atoms with Crippen LogP contribution in [0.25, 0.3) is 0 Å². The number of piperidine rings is 1. The topological polar surface area (TPSA) is 55.5 Å². The first-order valence-corrected chi connectivity index (χ1v) is 9.20. The Balaban J connectivity index is 1.65. The quantitative estimate of drug-likeness (QED) is 0.423. The SMILES string of the molecule is CC1CC(C)CN(CCO/N=C(/Cn2cncn2)c2ccc(F)cc2F)C1. The molecule has 1 aromatic heterocycles. The molecule has 146 valence electrons. The summed E-state index contributed by atoms with van der Waals surface area (Å²) < 4.78 is 28.9. The zero-order valence-corrected chi connectivity index (χ0v) is 15.7. The number of oxime groups is 1. The maximum absolute atomic E-state index is 14.2. The second-order valence-corrected chi connectivity index (χ2v) is 7.29. The van der Waals surface area contributed by atoms with Gasteiger partial charge in [-0.3, -0.25) is 4.90 Å². The fourth-order valence-electron chi connectivity index (χ4n) is 3.62. The number of halogens is 2. The van der Waals surface area contributed by atoms with E-state index in [9.17, 15) is 8.78 Å². The van der Waals surface area contributed by atoms with Gasteiger partial charge in [-0.05, 0) is 30.4 Å². The zero-order chi connectivity index (χ0) is 19.2. The third-order valence-corrected chi connectivity index (χ3v) is 4.64. The molecule has 0 amide bonds. The predicted octanol–water partition coefficient (Wildman–Crippen LogP) is 2.96. The molecule has 2 heterocycles. The number of hydrogen-bond acceptors (Lipinski definition) is 5. The van der Waals surface area contributed by atoms with Crippen molar-refractivity contribution in [2.24, 2.45) is 17.0 Å². The molecule has 1 aliphatic rings. The Morgan fingerprint density at radius 1 is 1.26 bits per heavy atom. The summed E-state index contributed by atoms with van der Waals surface area (Å²) in [6, 6.07) is 3.40. The summed E-state index contributed by atoms with van der Waals surface area (Å²) in [7, 11) is 0. The Hall–Kier alpha value is -2.35. The van der Waals surface area contributed by atoms with Crippen LogP contribution < -0.4 is 0 Å². The van der Waals surface area contributed by atoms with Crippen LogP contribution in [0.1, 0.15) is 25.8 Å². The molecule has 6 nitrogen and oxygen atoms in total. The fourth-order valence-corrected chi connectivity index (χ4v) is 3.62. The first kappa shape index (κ1) is 19.4. The molecule has 1 saturated heterocycles. The summed E-state index contributed by atoms with van der Waals surface area (Å²) >= 11 is 0. The van der Waals surface area contributed by atoms with Crippen molar-refractivity contribution in [2.75, 3.05) is 26.2 Å². The molecule has 27 heavy (non-hydrogen) atoms. The minimum Gasteiger partial charge on any atom is -0.394 e. The molecule has 2 unspecified atom stereocenters. The van der Waals surface area contributed by atoms with Gasteiger partial charge in [0.2, 0.25) is 0 Å². The van der Waals surface area contributed by atoms with Gasteiger partial charge in [0, 0.05) is 31.3 Å². The average Bonchev–Trinajstić information content (AvgIpc) is 3.10. The third kappa shape index (κ3) is 5.56. The molecule has 0 bridgehead atoms. The summed E-state index contributed by atoms with van der Waals surface area (Å²) in [4.78, 5) is 11.7. The molecule has 2 aromatic rings. The Labute approximate surface area is 157 Å². The van der Waals surface area contributed by atoms with Crippen LogP contribution in [0.5, 0.6) is 0 Å². The first-order chi connectivity index (χ1) is 13.0. The van der Waals surface area contributed by atoms with Crippen LogP contribution in [0.2, 0.25) is 0 Å². The highest BCUT2D eigenvalue weighted by atomic mass is 19.1. The van der Waals surface area contributed by atoms with E-state index in [1.165, 1.54) is 35.9 Å². The van der Waals surface area contributed by atoms with Crippen LogP contribution in [0.4, 0.5) is 8.78 Å². The van der Waals surface area contributed by atoms with Crippen molar-refractivity contribution in [2.45, 2.75) is 26.8 Å². The molecule has 8 heteroatoms. The standard InChI is InChI=1S/C19H25F2N5O/c1-14-7-15(2)10-25(9-14)5-6-27-24-19(11-26-13-22-12-23-26)17-4-3-16(20)8-18(17)21/h3-4,8,12-15H,5-7,9-11H2,1-2H3/b24-19-. The summed E-state index contributed by atoms with van der Waals surface area (Å²) in [5, 5.41) is 8.13. The van der Waals surface area contributed by atoms with Gasteiger partial charge in [-0.2, -0.15) is 5.10 Å². The number of aromatic nitrogens is 3. The number of nitrogens with zero attached hydrogens (tertiary/aromatic N) is 5. The first-order valence-electron chi connectivity index (χ1n) is 9.20. The highest BCUT2D eigenvalue weighted by Gasteiger charge is 2.21. The second-order valence-electron chi connectivity index (χ2n) is 7.29. The van der Waals surface area contributed by atoms with Crippen molar-refractivity contribution >= 4 is 5.71 Å². The van der Waals surface area contributed by atoms with Gasteiger partial charge in [0.15, 0.2) is 0 Å². The maximum atomic E-state index is 14.2. The van der Waals surface area contributed by atoms with Gasteiger partial charge in [0.05, 0.1) is 6.54 Å². The van der Waals surface area contributed by atoms with E-state index < -0.39 is 11.6 Å². The highest BCUT2D eigenvalue weighted by Crippen LogP contribution is 2.20. The Morgan fingerprint density at radius 2 is 2.04 bits per heavy atom. The molecule has 1 aliphatic heterocycles. The van der Waals surface area contributed by atoms with Gasteiger partial charge in [-0.1, -0.05) is 19.0 Å². The van der Waals surface area contributed by atoms with Crippen LogP contribution in [0.15, 0.2) is 36.0 Å². The molecule has 2 atom stereocenters. The lowest BCUT2D eigenvalue weighted by molar-refractivity contribution is 0.0769. The molecule has 1 fully saturated rings. The lowest BCUT2D eigenvalue weighted by atomic mass is 9.92. The summed E-state index contributed by atoms with van der Waals surface area (Å²) in [6.45, 7) is 7.97. The molecular formula is C19H25F2N5O. The molecule has 0 N–H and O–H groups in total. The lowest BCUT2D eigenvalue weighted by Gasteiger charge is -2.34. The summed E-state index contributed by atoms with van der Waals surface area (Å²) in [5.41, 5.74) is 0.519. The van der Waals surface area contributed by atoms with E-state index in [0.29, 0.717) is 24.2 Å². The van der Waals surface area contributed by atoms with Crippen molar-refractivity contribution in [1.29, 1.82) is 0 Å². The van der Waals surface area contributed by atoms with E-state index in [0.717, 1.165) is 25.7 Å². The van der Waals surface area contributed by atoms with E-state index in [-0.39, 0.29) is 12.1 Å². The normalized spacial score (nSPS) is 21.4. The Kier molecular flexibility index (Phi) is 6.49. The number of benzene rings is 1. The molecular weight excluding hydrogens is 352 g/mol. The monoisotopic (exact) mass is 377 g/mol. The third-order valence-electron chi connectivity index (χ3n) is 4.64. The fraction of sp³-hybridized carbons (Fsp3) is 0.526. The number of hydrogen-bond donors (Lipinski definition) is 0. The molecule has 0 spiro atoms. The number of rotatable bonds is 7. The molecule has 3 rings (SSSR count). The van der Waals surface area contributed by atoms with Crippen molar-refractivity contribution in [3.8, 4) is 0 Å². The van der Waals surface area contributed by atoms with Crippen molar-refractivity contribution in [3.63, 3.8) is 0 Å². The van der Waals surface area contributed by atoms with E-state index in [2.05, 4.69) is 34.0 Å². The largest absolute Gasteiger partial charge is 0.394 e. The molecule has 0 saturated carbocycles. The van der Waals surface area contributed by atoms with Crippen LogP contribution in [0, 0.1) is 23.5 Å².